The van der Waals surface area contributed by atoms with E-state index < -0.39 is 0 Å². The number of rotatable bonds is 2. The molecule has 0 aliphatic heterocycles. The molecule has 76 valence electrons. The number of nitrogens with zero attached hydrogens (tertiary/aromatic N) is 1. The van der Waals surface area contributed by atoms with E-state index in [-0.39, 0.29) is 0 Å². The van der Waals surface area contributed by atoms with Gasteiger partial charge in [-0.3, -0.25) is 0 Å². The Morgan fingerprint density at radius 3 is 2.67 bits per heavy atom. The third-order valence-corrected chi connectivity index (χ3v) is 2.82. The number of ether oxygens (including phenoxy) is 1. The van der Waals surface area contributed by atoms with E-state index in [0.29, 0.717) is 5.88 Å². The fraction of sp³-hybridized carbons (Fsp3) is 0. The van der Waals surface area contributed by atoms with Gasteiger partial charge in [-0.25, -0.2) is 4.98 Å². The molecule has 0 aliphatic rings. The fourth-order valence-corrected chi connectivity index (χ4v) is 1.94. The first kappa shape index (κ1) is 10.9. The molecule has 4 heteroatoms. The summed E-state index contributed by atoms with van der Waals surface area (Å²) >= 11 is 5.54. The van der Waals surface area contributed by atoms with Crippen molar-refractivity contribution in [3.63, 3.8) is 0 Å². The van der Waals surface area contributed by atoms with Crippen molar-refractivity contribution in [3.05, 3.63) is 50.6 Å². The summed E-state index contributed by atoms with van der Waals surface area (Å²) in [6.45, 7) is 0. The van der Waals surface area contributed by atoms with Gasteiger partial charge in [-0.15, -0.1) is 0 Å². The zero-order chi connectivity index (χ0) is 10.7. The average molecular weight is 376 g/mol. The van der Waals surface area contributed by atoms with Crippen LogP contribution < -0.4 is 4.74 Å². The van der Waals surface area contributed by atoms with Gasteiger partial charge in [-0.1, -0.05) is 12.1 Å². The average Bonchev–Trinajstić information content (AvgIpc) is 2.17. The topological polar surface area (TPSA) is 22.1 Å². The van der Waals surface area contributed by atoms with Crippen LogP contribution in [0.4, 0.5) is 0 Å². The molecule has 2 nitrogen and oxygen atoms in total. The first-order chi connectivity index (χ1) is 7.24. The van der Waals surface area contributed by atoms with E-state index in [1.807, 2.05) is 42.5 Å². The smallest absolute Gasteiger partial charge is 0.220 e. The second-order valence-corrected chi connectivity index (χ2v) is 4.92. The van der Waals surface area contributed by atoms with E-state index in [0.717, 1.165) is 13.9 Å². The highest BCUT2D eigenvalue weighted by atomic mass is 127. The molecule has 0 aliphatic carbocycles. The summed E-state index contributed by atoms with van der Waals surface area (Å²) in [5.41, 5.74) is 0. The minimum atomic E-state index is 0.589. The Labute approximate surface area is 110 Å². The zero-order valence-electron chi connectivity index (χ0n) is 7.65. The summed E-state index contributed by atoms with van der Waals surface area (Å²) in [5, 5.41) is 0. The Hall–Kier alpha value is -0.620. The van der Waals surface area contributed by atoms with E-state index in [2.05, 4.69) is 43.5 Å². The van der Waals surface area contributed by atoms with Crippen LogP contribution in [-0.4, -0.2) is 4.98 Å². The predicted octanol–water partition coefficient (Wildman–Crippen LogP) is 4.24. The third kappa shape index (κ3) is 3.17. The second kappa shape index (κ2) is 4.94. The lowest BCUT2D eigenvalue weighted by molar-refractivity contribution is 0.461. The Bertz CT molecular complexity index is 432. The molecule has 1 aromatic heterocycles. The van der Waals surface area contributed by atoms with Crippen molar-refractivity contribution >= 4 is 38.5 Å². The van der Waals surface area contributed by atoms with E-state index in [1.165, 1.54) is 0 Å². The summed E-state index contributed by atoms with van der Waals surface area (Å²) in [7, 11) is 0. The molecule has 0 spiro atoms. The molecule has 2 rings (SSSR count). The summed E-state index contributed by atoms with van der Waals surface area (Å²) in [4.78, 5) is 4.19. The highest BCUT2D eigenvalue weighted by molar-refractivity contribution is 14.1. The molecular formula is C11H7BrINO. The second-order valence-electron chi connectivity index (χ2n) is 2.86. The summed E-state index contributed by atoms with van der Waals surface area (Å²) < 4.78 is 7.50. The molecule has 0 radical (unpaired) electrons. The van der Waals surface area contributed by atoms with Crippen LogP contribution in [0.1, 0.15) is 0 Å². The van der Waals surface area contributed by atoms with Crippen LogP contribution >= 0.6 is 38.5 Å². The van der Waals surface area contributed by atoms with E-state index in [4.69, 9.17) is 4.74 Å². The Balaban J connectivity index is 2.22. The molecule has 0 saturated heterocycles. The monoisotopic (exact) mass is 375 g/mol. The van der Waals surface area contributed by atoms with Crippen molar-refractivity contribution in [2.45, 2.75) is 0 Å². The molecule has 0 unspecified atom stereocenters. The van der Waals surface area contributed by atoms with Crippen LogP contribution in [0.15, 0.2) is 47.1 Å². The predicted molar refractivity (Wildman–Crippen MR) is 71.2 cm³/mol. The normalized spacial score (nSPS) is 10.0. The molecule has 0 amide bonds. The van der Waals surface area contributed by atoms with Gasteiger partial charge < -0.3 is 4.74 Å². The number of aromatic nitrogens is 1. The molecule has 0 fully saturated rings. The van der Waals surface area contributed by atoms with Crippen molar-refractivity contribution in [1.29, 1.82) is 0 Å². The summed E-state index contributed by atoms with van der Waals surface area (Å²) in [6, 6.07) is 13.4. The minimum Gasteiger partial charge on any atom is -0.439 e. The molecule has 15 heavy (non-hydrogen) atoms. The molecule has 0 N–H and O–H groups in total. The Morgan fingerprint density at radius 1 is 1.13 bits per heavy atom. The van der Waals surface area contributed by atoms with E-state index in [9.17, 15) is 0 Å². The minimum absolute atomic E-state index is 0.589. The highest BCUT2D eigenvalue weighted by Crippen LogP contribution is 2.22. The molecule has 0 bridgehead atoms. The molecule has 1 aromatic carbocycles. The third-order valence-electron chi connectivity index (χ3n) is 1.71. The van der Waals surface area contributed by atoms with Gasteiger partial charge in [0.05, 0.1) is 0 Å². The Kier molecular flexibility index (Phi) is 3.58. The molecule has 2 aromatic rings. The molecule has 0 saturated carbocycles. The summed E-state index contributed by atoms with van der Waals surface area (Å²) in [5.74, 6) is 1.39. The maximum atomic E-state index is 5.59. The van der Waals surface area contributed by atoms with Gasteiger partial charge in [0.1, 0.15) is 10.4 Å². The zero-order valence-corrected chi connectivity index (χ0v) is 11.4. The van der Waals surface area contributed by atoms with Gasteiger partial charge >= 0.3 is 0 Å². The van der Waals surface area contributed by atoms with E-state index >= 15 is 0 Å². The van der Waals surface area contributed by atoms with Crippen molar-refractivity contribution in [1.82, 2.24) is 4.98 Å². The molecule has 1 heterocycles. The maximum absolute atomic E-state index is 5.59. The van der Waals surface area contributed by atoms with Gasteiger partial charge in [-0.2, -0.15) is 0 Å². The van der Waals surface area contributed by atoms with Gasteiger partial charge in [-0.05, 0) is 62.8 Å². The molecular weight excluding hydrogens is 369 g/mol. The van der Waals surface area contributed by atoms with Gasteiger partial charge in [0.15, 0.2) is 0 Å². The van der Waals surface area contributed by atoms with Crippen LogP contribution in [0.2, 0.25) is 0 Å². The first-order valence-electron chi connectivity index (χ1n) is 4.30. The van der Waals surface area contributed by atoms with Gasteiger partial charge in [0, 0.05) is 9.64 Å². The number of benzene rings is 1. The SMILES string of the molecule is Brc1cccc(Oc2cccc(I)c2)n1. The largest absolute Gasteiger partial charge is 0.439 e. The number of hydrogen-bond acceptors (Lipinski definition) is 2. The quantitative estimate of drug-likeness (QED) is 0.578. The number of pyridine rings is 1. The van der Waals surface area contributed by atoms with Crippen LogP contribution in [-0.2, 0) is 0 Å². The maximum Gasteiger partial charge on any atom is 0.220 e. The standard InChI is InChI=1S/C11H7BrINO/c12-10-5-2-6-11(14-10)15-9-4-1-3-8(13)7-9/h1-7H. The fourth-order valence-electron chi connectivity index (χ4n) is 1.10. The highest BCUT2D eigenvalue weighted by Gasteiger charge is 1.99. The van der Waals surface area contributed by atoms with Gasteiger partial charge in [0.25, 0.3) is 0 Å². The lowest BCUT2D eigenvalue weighted by Gasteiger charge is -2.04. The van der Waals surface area contributed by atoms with Crippen LogP contribution in [0.5, 0.6) is 11.6 Å². The Morgan fingerprint density at radius 2 is 1.93 bits per heavy atom. The molecule has 0 atom stereocenters. The van der Waals surface area contributed by atoms with Crippen molar-refractivity contribution in [2.24, 2.45) is 0 Å². The summed E-state index contributed by atoms with van der Waals surface area (Å²) in [6.07, 6.45) is 0. The van der Waals surface area contributed by atoms with Crippen LogP contribution in [0, 0.1) is 3.57 Å². The first-order valence-corrected chi connectivity index (χ1v) is 6.17. The van der Waals surface area contributed by atoms with Crippen molar-refractivity contribution < 1.29 is 4.74 Å². The van der Waals surface area contributed by atoms with Crippen LogP contribution in [0.3, 0.4) is 0 Å². The van der Waals surface area contributed by atoms with Gasteiger partial charge in [0.2, 0.25) is 5.88 Å². The lowest BCUT2D eigenvalue weighted by atomic mass is 10.3. The van der Waals surface area contributed by atoms with Crippen molar-refractivity contribution in [3.8, 4) is 11.6 Å². The van der Waals surface area contributed by atoms with Crippen molar-refractivity contribution in [2.75, 3.05) is 0 Å². The van der Waals surface area contributed by atoms with Crippen LogP contribution in [0.25, 0.3) is 0 Å². The van der Waals surface area contributed by atoms with E-state index in [1.54, 1.807) is 0 Å². The number of hydrogen-bond donors (Lipinski definition) is 0. The lowest BCUT2D eigenvalue weighted by Crippen LogP contribution is -1.87. The number of halogens is 2.